The smallest absolute Gasteiger partial charge is 0.0616 e. The molecule has 1 fully saturated rings. The van der Waals surface area contributed by atoms with E-state index in [0.29, 0.717) is 6.17 Å². The molecule has 1 rings (SSSR count). The van der Waals surface area contributed by atoms with Crippen LogP contribution in [0.25, 0.3) is 0 Å². The minimum absolute atomic E-state index is 0.592. The maximum absolute atomic E-state index is 5.31. The molecule has 0 radical (unpaired) electrons. The number of hydrogen-bond donors (Lipinski definition) is 0. The van der Waals surface area contributed by atoms with Gasteiger partial charge in [0.1, 0.15) is 0 Å². The van der Waals surface area contributed by atoms with Crippen molar-refractivity contribution in [2.24, 2.45) is 0 Å². The Kier molecular flexibility index (Phi) is 3.98. The first-order valence-electron chi connectivity index (χ1n) is 4.74. The summed E-state index contributed by atoms with van der Waals surface area (Å²) in [4.78, 5) is 4.77. The molecule has 1 aliphatic heterocycles. The van der Waals surface area contributed by atoms with Crippen LogP contribution in [0.1, 0.15) is 13.3 Å². The lowest BCUT2D eigenvalue weighted by Gasteiger charge is -2.37. The highest BCUT2D eigenvalue weighted by atomic mass is 16.5. The normalized spacial score (nSPS) is 23.0. The summed E-state index contributed by atoms with van der Waals surface area (Å²) in [5.41, 5.74) is 0. The van der Waals surface area contributed by atoms with Crippen LogP contribution < -0.4 is 0 Å². The number of morpholine rings is 1. The van der Waals surface area contributed by atoms with Crippen molar-refractivity contribution in [3.05, 3.63) is 0 Å². The van der Waals surface area contributed by atoms with Crippen LogP contribution in [0.2, 0.25) is 0 Å². The summed E-state index contributed by atoms with van der Waals surface area (Å²) in [6.45, 7) is 6.18. The second kappa shape index (κ2) is 4.80. The predicted octanol–water partition coefficient (Wildman–Crippen LogP) is 0.616. The molecule has 0 aromatic carbocycles. The Morgan fingerprint density at radius 1 is 1.33 bits per heavy atom. The third kappa shape index (κ3) is 2.44. The Morgan fingerprint density at radius 3 is 2.33 bits per heavy atom. The Labute approximate surface area is 75.3 Å². The van der Waals surface area contributed by atoms with Crippen molar-refractivity contribution in [1.82, 2.24) is 9.80 Å². The first kappa shape index (κ1) is 9.96. The minimum Gasteiger partial charge on any atom is -0.379 e. The fourth-order valence-corrected chi connectivity index (χ4v) is 1.83. The molecule has 0 aromatic heterocycles. The van der Waals surface area contributed by atoms with E-state index in [1.54, 1.807) is 0 Å². The van der Waals surface area contributed by atoms with E-state index in [-0.39, 0.29) is 0 Å². The molecule has 0 aliphatic carbocycles. The van der Waals surface area contributed by atoms with Gasteiger partial charge in [-0.3, -0.25) is 9.80 Å². The summed E-state index contributed by atoms with van der Waals surface area (Å²) in [5.74, 6) is 0. The van der Waals surface area contributed by atoms with Gasteiger partial charge in [0.05, 0.1) is 19.4 Å². The molecule has 0 bridgehead atoms. The lowest BCUT2D eigenvalue weighted by molar-refractivity contribution is -0.0205. The van der Waals surface area contributed by atoms with Crippen LogP contribution in [0.3, 0.4) is 0 Å². The topological polar surface area (TPSA) is 15.7 Å². The van der Waals surface area contributed by atoms with Gasteiger partial charge in [-0.2, -0.15) is 0 Å². The van der Waals surface area contributed by atoms with Gasteiger partial charge in [-0.15, -0.1) is 0 Å². The van der Waals surface area contributed by atoms with Crippen molar-refractivity contribution < 1.29 is 4.74 Å². The minimum atomic E-state index is 0.592. The highest BCUT2D eigenvalue weighted by Gasteiger charge is 2.20. The van der Waals surface area contributed by atoms with Crippen molar-refractivity contribution in [2.75, 3.05) is 40.4 Å². The van der Waals surface area contributed by atoms with Gasteiger partial charge in [-0.05, 0) is 20.5 Å². The second-order valence-corrected chi connectivity index (χ2v) is 3.50. The summed E-state index contributed by atoms with van der Waals surface area (Å²) in [6.07, 6.45) is 1.78. The summed E-state index contributed by atoms with van der Waals surface area (Å²) < 4.78 is 5.31. The molecule has 0 aromatic rings. The standard InChI is InChI=1S/C9H20N2O/c1-4-9(10(2)3)11-5-7-12-8-6-11/h9H,4-8H2,1-3H3. The van der Waals surface area contributed by atoms with Crippen LogP contribution in [0.4, 0.5) is 0 Å². The Hall–Kier alpha value is -0.120. The van der Waals surface area contributed by atoms with Crippen LogP contribution >= 0.6 is 0 Å². The van der Waals surface area contributed by atoms with Crippen molar-refractivity contribution >= 4 is 0 Å². The molecule has 0 amide bonds. The van der Waals surface area contributed by atoms with Gasteiger partial charge >= 0.3 is 0 Å². The third-order valence-electron chi connectivity index (χ3n) is 2.43. The van der Waals surface area contributed by atoms with Crippen molar-refractivity contribution in [3.63, 3.8) is 0 Å². The molecule has 3 nitrogen and oxygen atoms in total. The molecule has 0 spiro atoms. The van der Waals surface area contributed by atoms with Crippen molar-refractivity contribution in [2.45, 2.75) is 19.5 Å². The van der Waals surface area contributed by atoms with Gasteiger partial charge in [0.2, 0.25) is 0 Å². The van der Waals surface area contributed by atoms with Crippen LogP contribution in [-0.2, 0) is 4.74 Å². The molecule has 12 heavy (non-hydrogen) atoms. The van der Waals surface area contributed by atoms with E-state index < -0.39 is 0 Å². The monoisotopic (exact) mass is 172 g/mol. The summed E-state index contributed by atoms with van der Waals surface area (Å²) in [5, 5.41) is 0. The maximum atomic E-state index is 5.31. The van der Waals surface area contributed by atoms with Crippen LogP contribution in [0.15, 0.2) is 0 Å². The lowest BCUT2D eigenvalue weighted by atomic mass is 10.3. The molecule has 1 unspecified atom stereocenters. The van der Waals surface area contributed by atoms with Gasteiger partial charge in [0.25, 0.3) is 0 Å². The first-order valence-corrected chi connectivity index (χ1v) is 4.74. The van der Waals surface area contributed by atoms with Gasteiger partial charge in [0.15, 0.2) is 0 Å². The predicted molar refractivity (Wildman–Crippen MR) is 50.2 cm³/mol. The molecule has 1 saturated heterocycles. The Bertz CT molecular complexity index is 122. The fourth-order valence-electron chi connectivity index (χ4n) is 1.83. The van der Waals surface area contributed by atoms with E-state index in [4.69, 9.17) is 4.74 Å². The summed E-state index contributed by atoms with van der Waals surface area (Å²) in [7, 11) is 4.28. The third-order valence-corrected chi connectivity index (χ3v) is 2.43. The van der Waals surface area contributed by atoms with E-state index in [9.17, 15) is 0 Å². The zero-order valence-electron chi connectivity index (χ0n) is 8.42. The SMILES string of the molecule is CCC(N(C)C)N1CCOCC1. The molecule has 3 heteroatoms. The number of hydrogen-bond acceptors (Lipinski definition) is 3. The van der Waals surface area contributed by atoms with E-state index >= 15 is 0 Å². The quantitative estimate of drug-likeness (QED) is 0.620. The van der Waals surface area contributed by atoms with E-state index in [1.165, 1.54) is 6.42 Å². The Morgan fingerprint density at radius 2 is 1.92 bits per heavy atom. The molecular formula is C9H20N2O. The lowest BCUT2D eigenvalue weighted by Crippen LogP contribution is -2.49. The highest BCUT2D eigenvalue weighted by molar-refractivity contribution is 4.70. The van der Waals surface area contributed by atoms with Crippen molar-refractivity contribution in [3.8, 4) is 0 Å². The first-order chi connectivity index (χ1) is 5.75. The van der Waals surface area contributed by atoms with E-state index in [0.717, 1.165) is 26.3 Å². The maximum Gasteiger partial charge on any atom is 0.0616 e. The number of rotatable bonds is 3. The molecule has 1 aliphatic rings. The Balaban J connectivity index is 2.40. The molecular weight excluding hydrogens is 152 g/mol. The highest BCUT2D eigenvalue weighted by Crippen LogP contribution is 2.08. The second-order valence-electron chi connectivity index (χ2n) is 3.50. The van der Waals surface area contributed by atoms with Crippen LogP contribution in [0.5, 0.6) is 0 Å². The molecule has 0 saturated carbocycles. The zero-order chi connectivity index (χ0) is 8.97. The van der Waals surface area contributed by atoms with Gasteiger partial charge in [-0.1, -0.05) is 6.92 Å². The van der Waals surface area contributed by atoms with Crippen molar-refractivity contribution in [1.29, 1.82) is 0 Å². The largest absolute Gasteiger partial charge is 0.379 e. The zero-order valence-corrected chi connectivity index (χ0v) is 8.42. The summed E-state index contributed by atoms with van der Waals surface area (Å²) in [6, 6.07) is 0. The summed E-state index contributed by atoms with van der Waals surface area (Å²) >= 11 is 0. The molecule has 1 heterocycles. The fraction of sp³-hybridized carbons (Fsp3) is 1.00. The van der Waals surface area contributed by atoms with E-state index in [1.807, 2.05) is 0 Å². The molecule has 0 N–H and O–H groups in total. The number of nitrogens with zero attached hydrogens (tertiary/aromatic N) is 2. The van der Waals surface area contributed by atoms with Crippen LogP contribution in [-0.4, -0.2) is 56.4 Å². The van der Waals surface area contributed by atoms with Gasteiger partial charge in [-0.25, -0.2) is 0 Å². The van der Waals surface area contributed by atoms with Gasteiger partial charge < -0.3 is 4.74 Å². The molecule has 72 valence electrons. The average molecular weight is 172 g/mol. The molecule has 1 atom stereocenters. The van der Waals surface area contributed by atoms with E-state index in [2.05, 4.69) is 30.8 Å². The van der Waals surface area contributed by atoms with Gasteiger partial charge in [0, 0.05) is 13.1 Å². The number of ether oxygens (including phenoxy) is 1. The average Bonchev–Trinajstić information content (AvgIpc) is 2.07. The van der Waals surface area contributed by atoms with Crippen LogP contribution in [0, 0.1) is 0 Å².